The van der Waals surface area contributed by atoms with Gasteiger partial charge >= 0.3 is 12.1 Å². The first-order chi connectivity index (χ1) is 10.9. The largest absolute Gasteiger partial charge is 0.478 e. The van der Waals surface area contributed by atoms with E-state index >= 15 is 0 Å². The first-order valence-electron chi connectivity index (χ1n) is 6.57. The number of alkyl halides is 3. The summed E-state index contributed by atoms with van der Waals surface area (Å²) in [5.74, 6) is -2.47. The third-order valence-electron chi connectivity index (χ3n) is 3.31. The number of hydrogen-bond donors (Lipinski definition) is 1. The van der Waals surface area contributed by atoms with E-state index in [1.807, 2.05) is 0 Å². The van der Waals surface area contributed by atoms with Crippen LogP contribution >= 0.6 is 0 Å². The molecule has 0 amide bonds. The minimum atomic E-state index is -4.70. The number of benzene rings is 1. The highest BCUT2D eigenvalue weighted by Gasteiger charge is 2.38. The molecule has 1 aromatic carbocycles. The number of aromatic carboxylic acids is 1. The van der Waals surface area contributed by atoms with Crippen LogP contribution in [0.4, 0.5) is 13.2 Å². The molecule has 3 rings (SSSR count). The molecule has 0 atom stereocenters. The third kappa shape index (κ3) is 2.75. The molecule has 0 radical (unpaired) electrons. The number of imidazole rings is 1. The monoisotopic (exact) mass is 321 g/mol. The Morgan fingerprint density at radius 2 is 1.96 bits per heavy atom. The number of rotatable bonds is 3. The topological polar surface area (TPSA) is 68.0 Å². The van der Waals surface area contributed by atoms with Gasteiger partial charge in [-0.3, -0.25) is 4.98 Å². The standard InChI is InChI=1S/C15H10F3N3O2/c16-15(17,18)14-20-12-10(13(22)23)5-3-6-11(12)21(14)8-9-4-1-2-7-19-9/h1-7H,8H2,(H,22,23). The summed E-state index contributed by atoms with van der Waals surface area (Å²) in [5, 5.41) is 9.13. The van der Waals surface area contributed by atoms with E-state index in [0.717, 1.165) is 4.57 Å². The molecule has 0 saturated heterocycles. The molecule has 2 aromatic heterocycles. The SMILES string of the molecule is O=C(O)c1cccc2c1nc(C(F)(F)F)n2Cc1ccccn1. The number of aromatic nitrogens is 3. The Labute approximate surface area is 128 Å². The van der Waals surface area contributed by atoms with Gasteiger partial charge in [-0.25, -0.2) is 9.78 Å². The second-order valence-corrected chi connectivity index (χ2v) is 4.82. The highest BCUT2D eigenvalue weighted by Crippen LogP contribution is 2.33. The van der Waals surface area contributed by atoms with Crippen molar-refractivity contribution in [3.8, 4) is 0 Å². The van der Waals surface area contributed by atoms with Crippen LogP contribution in [0, 0.1) is 0 Å². The lowest BCUT2D eigenvalue weighted by Gasteiger charge is -2.10. The molecule has 23 heavy (non-hydrogen) atoms. The van der Waals surface area contributed by atoms with Crippen LogP contribution in [-0.2, 0) is 12.7 Å². The number of carboxylic acids is 1. The Morgan fingerprint density at radius 3 is 2.57 bits per heavy atom. The lowest BCUT2D eigenvalue weighted by Crippen LogP contribution is -2.16. The summed E-state index contributed by atoms with van der Waals surface area (Å²) in [4.78, 5) is 18.7. The van der Waals surface area contributed by atoms with E-state index in [1.165, 1.54) is 24.4 Å². The maximum Gasteiger partial charge on any atom is 0.449 e. The average molecular weight is 321 g/mol. The van der Waals surface area contributed by atoms with Crippen LogP contribution in [0.3, 0.4) is 0 Å². The van der Waals surface area contributed by atoms with E-state index in [1.54, 1.807) is 18.2 Å². The number of hydrogen-bond acceptors (Lipinski definition) is 3. The molecule has 1 N–H and O–H groups in total. The second kappa shape index (κ2) is 5.38. The molecule has 3 aromatic rings. The summed E-state index contributed by atoms with van der Waals surface area (Å²) in [5.41, 5.74) is 0.0527. The summed E-state index contributed by atoms with van der Waals surface area (Å²) >= 11 is 0. The van der Waals surface area contributed by atoms with Gasteiger partial charge in [-0.05, 0) is 24.3 Å². The Balaban J connectivity index is 2.25. The van der Waals surface area contributed by atoms with E-state index in [9.17, 15) is 18.0 Å². The average Bonchev–Trinajstić information content (AvgIpc) is 2.87. The van der Waals surface area contributed by atoms with Crippen LogP contribution in [0.5, 0.6) is 0 Å². The summed E-state index contributed by atoms with van der Waals surface area (Å²) in [7, 11) is 0. The van der Waals surface area contributed by atoms with E-state index in [-0.39, 0.29) is 23.1 Å². The summed E-state index contributed by atoms with van der Waals surface area (Å²) in [6.07, 6.45) is -3.23. The molecule has 0 fully saturated rings. The van der Waals surface area contributed by atoms with Crippen LogP contribution in [0.25, 0.3) is 11.0 Å². The van der Waals surface area contributed by atoms with Crippen molar-refractivity contribution in [2.24, 2.45) is 0 Å². The first kappa shape index (κ1) is 15.0. The minimum Gasteiger partial charge on any atom is -0.478 e. The number of pyridine rings is 1. The first-order valence-corrected chi connectivity index (χ1v) is 6.57. The zero-order chi connectivity index (χ0) is 16.6. The Kier molecular flexibility index (Phi) is 3.51. The number of para-hydroxylation sites is 1. The van der Waals surface area contributed by atoms with Gasteiger partial charge in [0.05, 0.1) is 23.3 Å². The number of nitrogens with zero attached hydrogens (tertiary/aromatic N) is 3. The van der Waals surface area contributed by atoms with Crippen LogP contribution in [0.1, 0.15) is 21.9 Å². The Hall–Kier alpha value is -2.90. The molecule has 0 bridgehead atoms. The van der Waals surface area contributed by atoms with Gasteiger partial charge in [0.1, 0.15) is 5.52 Å². The van der Waals surface area contributed by atoms with Gasteiger partial charge in [0.15, 0.2) is 0 Å². The van der Waals surface area contributed by atoms with Crippen LogP contribution < -0.4 is 0 Å². The van der Waals surface area contributed by atoms with E-state index in [0.29, 0.717) is 5.69 Å². The number of fused-ring (bicyclic) bond motifs is 1. The van der Waals surface area contributed by atoms with Crippen LogP contribution in [0.2, 0.25) is 0 Å². The number of halogens is 3. The summed E-state index contributed by atoms with van der Waals surface area (Å²) < 4.78 is 40.7. The molecule has 0 saturated carbocycles. The Bertz CT molecular complexity index is 873. The smallest absolute Gasteiger partial charge is 0.449 e. The van der Waals surface area contributed by atoms with Crippen molar-refractivity contribution in [1.82, 2.24) is 14.5 Å². The van der Waals surface area contributed by atoms with E-state index in [2.05, 4.69) is 9.97 Å². The molecule has 2 heterocycles. The van der Waals surface area contributed by atoms with E-state index < -0.39 is 18.0 Å². The van der Waals surface area contributed by atoms with Crippen molar-refractivity contribution in [3.05, 3.63) is 59.7 Å². The quantitative estimate of drug-likeness (QED) is 0.804. The second-order valence-electron chi connectivity index (χ2n) is 4.82. The molecule has 0 aliphatic heterocycles. The number of carboxylic acid groups (broad SMARTS) is 1. The van der Waals surface area contributed by atoms with Crippen molar-refractivity contribution in [2.75, 3.05) is 0 Å². The fraction of sp³-hybridized carbons (Fsp3) is 0.133. The zero-order valence-corrected chi connectivity index (χ0v) is 11.6. The normalized spacial score (nSPS) is 11.8. The van der Waals surface area contributed by atoms with Crippen molar-refractivity contribution >= 4 is 17.0 Å². The Morgan fingerprint density at radius 1 is 1.17 bits per heavy atom. The number of carbonyl (C=O) groups is 1. The lowest BCUT2D eigenvalue weighted by atomic mass is 10.2. The van der Waals surface area contributed by atoms with Gasteiger partial charge < -0.3 is 9.67 Å². The fourth-order valence-corrected chi connectivity index (χ4v) is 2.35. The molecule has 0 aliphatic rings. The highest BCUT2D eigenvalue weighted by atomic mass is 19.4. The maximum atomic E-state index is 13.3. The summed E-state index contributed by atoms with van der Waals surface area (Å²) in [6, 6.07) is 8.94. The van der Waals surface area contributed by atoms with Crippen LogP contribution in [0.15, 0.2) is 42.6 Å². The zero-order valence-electron chi connectivity index (χ0n) is 11.6. The predicted octanol–water partition coefficient (Wildman–Crippen LogP) is 3.20. The lowest BCUT2D eigenvalue weighted by molar-refractivity contribution is -0.146. The highest BCUT2D eigenvalue weighted by molar-refractivity contribution is 6.01. The van der Waals surface area contributed by atoms with Crippen molar-refractivity contribution in [1.29, 1.82) is 0 Å². The van der Waals surface area contributed by atoms with E-state index in [4.69, 9.17) is 5.11 Å². The van der Waals surface area contributed by atoms with Gasteiger partial charge in [0, 0.05) is 6.20 Å². The molecule has 118 valence electrons. The minimum absolute atomic E-state index is 0.0999. The fourth-order valence-electron chi connectivity index (χ4n) is 2.35. The third-order valence-corrected chi connectivity index (χ3v) is 3.31. The van der Waals surface area contributed by atoms with Crippen molar-refractivity contribution in [2.45, 2.75) is 12.7 Å². The van der Waals surface area contributed by atoms with Gasteiger partial charge in [-0.1, -0.05) is 12.1 Å². The van der Waals surface area contributed by atoms with Gasteiger partial charge in [0.2, 0.25) is 5.82 Å². The van der Waals surface area contributed by atoms with Gasteiger partial charge in [0.25, 0.3) is 0 Å². The van der Waals surface area contributed by atoms with Crippen molar-refractivity contribution < 1.29 is 23.1 Å². The molecule has 0 spiro atoms. The molecular formula is C15H10F3N3O2. The van der Waals surface area contributed by atoms with Crippen molar-refractivity contribution in [3.63, 3.8) is 0 Å². The van der Waals surface area contributed by atoms with Gasteiger partial charge in [-0.15, -0.1) is 0 Å². The van der Waals surface area contributed by atoms with Gasteiger partial charge in [-0.2, -0.15) is 13.2 Å². The molecule has 8 heteroatoms. The molecule has 0 unspecified atom stereocenters. The molecule has 5 nitrogen and oxygen atoms in total. The van der Waals surface area contributed by atoms with Crippen LogP contribution in [-0.4, -0.2) is 25.6 Å². The molecule has 0 aliphatic carbocycles. The predicted molar refractivity (Wildman–Crippen MR) is 75.0 cm³/mol. The summed E-state index contributed by atoms with van der Waals surface area (Å²) in [6.45, 7) is -0.157. The molecular weight excluding hydrogens is 311 g/mol. The maximum absolute atomic E-state index is 13.3.